The van der Waals surface area contributed by atoms with E-state index in [4.69, 9.17) is 0 Å². The number of nitrogens with one attached hydrogen (secondary N) is 2. The second kappa shape index (κ2) is 9.50. The molecule has 0 aromatic heterocycles. The molecule has 2 amide bonds. The molecule has 2 aromatic carbocycles. The van der Waals surface area contributed by atoms with Gasteiger partial charge in [-0.2, -0.15) is 0 Å². The van der Waals surface area contributed by atoms with Crippen LogP contribution in [0, 0.1) is 0 Å². The van der Waals surface area contributed by atoms with Crippen LogP contribution in [0.2, 0.25) is 0 Å². The fourth-order valence-corrected chi connectivity index (χ4v) is 2.50. The minimum Gasteiger partial charge on any atom is -0.465 e. The van der Waals surface area contributed by atoms with Crippen LogP contribution >= 0.6 is 0 Å². The van der Waals surface area contributed by atoms with Gasteiger partial charge < -0.3 is 20.1 Å². The second-order valence-corrected chi connectivity index (χ2v) is 6.43. The van der Waals surface area contributed by atoms with Crippen LogP contribution in [0.15, 0.2) is 42.5 Å². The Balaban J connectivity index is 2.20. The third-order valence-electron chi connectivity index (χ3n) is 4.14. The number of carbonyl (C=O) groups is 4. The summed E-state index contributed by atoms with van der Waals surface area (Å²) in [6.07, 6.45) is 0. The van der Waals surface area contributed by atoms with Gasteiger partial charge in [0, 0.05) is 5.69 Å². The van der Waals surface area contributed by atoms with Crippen molar-refractivity contribution in [2.75, 3.05) is 24.9 Å². The number of hydrogen-bond acceptors (Lipinski definition) is 6. The molecule has 0 aliphatic heterocycles. The minimum absolute atomic E-state index is 0.0115. The van der Waals surface area contributed by atoms with Gasteiger partial charge in [-0.15, -0.1) is 0 Å². The largest absolute Gasteiger partial charge is 0.465 e. The van der Waals surface area contributed by atoms with Crippen LogP contribution in [-0.2, 0) is 19.1 Å². The molecule has 0 radical (unpaired) electrons. The van der Waals surface area contributed by atoms with Gasteiger partial charge in [0.25, 0.3) is 0 Å². The van der Waals surface area contributed by atoms with Crippen molar-refractivity contribution in [2.24, 2.45) is 0 Å². The number of rotatable bonds is 5. The molecule has 2 aromatic rings. The third-order valence-corrected chi connectivity index (χ3v) is 4.14. The van der Waals surface area contributed by atoms with E-state index < -0.39 is 23.8 Å². The third kappa shape index (κ3) is 5.41. The van der Waals surface area contributed by atoms with Crippen molar-refractivity contribution >= 4 is 35.1 Å². The van der Waals surface area contributed by atoms with Gasteiger partial charge in [0.1, 0.15) is 0 Å². The molecule has 0 fully saturated rings. The predicted molar refractivity (Wildman–Crippen MR) is 107 cm³/mol. The van der Waals surface area contributed by atoms with Gasteiger partial charge in [-0.3, -0.25) is 9.59 Å². The standard InChI is InChI=1S/C21H22N2O6/c1-12(2)13-5-8-15(9-6-13)22-18(24)19(25)23-17-11-14(20(26)28-3)7-10-16(17)21(27)29-4/h5-12H,1-4H3,(H,22,24)(H,23,25). The van der Waals surface area contributed by atoms with Crippen LogP contribution in [0.1, 0.15) is 46.0 Å². The summed E-state index contributed by atoms with van der Waals surface area (Å²) in [7, 11) is 2.38. The van der Waals surface area contributed by atoms with Crippen molar-refractivity contribution < 1.29 is 28.7 Å². The number of anilines is 2. The average Bonchev–Trinajstić information content (AvgIpc) is 2.72. The fraction of sp³-hybridized carbons (Fsp3) is 0.238. The molecular formula is C21H22N2O6. The van der Waals surface area contributed by atoms with Crippen LogP contribution < -0.4 is 10.6 Å². The van der Waals surface area contributed by atoms with E-state index >= 15 is 0 Å². The van der Waals surface area contributed by atoms with Gasteiger partial charge in [0.2, 0.25) is 0 Å². The van der Waals surface area contributed by atoms with E-state index in [1.54, 1.807) is 12.1 Å². The van der Waals surface area contributed by atoms with E-state index in [2.05, 4.69) is 20.1 Å². The zero-order chi connectivity index (χ0) is 21.6. The molecule has 2 N–H and O–H groups in total. The minimum atomic E-state index is -1.01. The Kier molecular flexibility index (Phi) is 7.08. The lowest BCUT2D eigenvalue weighted by molar-refractivity contribution is -0.133. The highest BCUT2D eigenvalue weighted by molar-refractivity contribution is 6.44. The van der Waals surface area contributed by atoms with Crippen LogP contribution in [0.4, 0.5) is 11.4 Å². The monoisotopic (exact) mass is 398 g/mol. The Morgan fingerprint density at radius 2 is 1.38 bits per heavy atom. The Hall–Kier alpha value is -3.68. The Morgan fingerprint density at radius 3 is 1.93 bits per heavy atom. The highest BCUT2D eigenvalue weighted by atomic mass is 16.5. The van der Waals surface area contributed by atoms with Gasteiger partial charge >= 0.3 is 23.8 Å². The van der Waals surface area contributed by atoms with E-state index in [0.717, 1.165) is 5.56 Å². The molecule has 2 rings (SSSR count). The molecule has 0 saturated carbocycles. The number of ether oxygens (including phenoxy) is 2. The lowest BCUT2D eigenvalue weighted by Crippen LogP contribution is -2.30. The molecule has 0 saturated heterocycles. The van der Waals surface area contributed by atoms with Crippen molar-refractivity contribution in [1.29, 1.82) is 0 Å². The maximum Gasteiger partial charge on any atom is 0.339 e. The van der Waals surface area contributed by atoms with E-state index in [0.29, 0.717) is 11.6 Å². The predicted octanol–water partition coefficient (Wildman–Crippen LogP) is 2.96. The lowest BCUT2D eigenvalue weighted by Gasteiger charge is -2.12. The molecule has 0 unspecified atom stereocenters. The molecule has 8 nitrogen and oxygen atoms in total. The Labute approximate surface area is 168 Å². The summed E-state index contributed by atoms with van der Waals surface area (Å²) in [5.74, 6) is -3.00. The Morgan fingerprint density at radius 1 is 0.793 bits per heavy atom. The normalized spacial score (nSPS) is 10.2. The highest BCUT2D eigenvalue weighted by Gasteiger charge is 2.20. The molecule has 29 heavy (non-hydrogen) atoms. The van der Waals surface area contributed by atoms with Crippen molar-refractivity contribution in [2.45, 2.75) is 19.8 Å². The topological polar surface area (TPSA) is 111 Å². The quantitative estimate of drug-likeness (QED) is 0.592. The number of hydrogen-bond donors (Lipinski definition) is 2. The number of benzene rings is 2. The van der Waals surface area contributed by atoms with E-state index in [1.807, 2.05) is 26.0 Å². The van der Waals surface area contributed by atoms with Crippen molar-refractivity contribution in [3.05, 3.63) is 59.2 Å². The van der Waals surface area contributed by atoms with Crippen molar-refractivity contribution in [1.82, 2.24) is 0 Å². The van der Waals surface area contributed by atoms with Crippen molar-refractivity contribution in [3.8, 4) is 0 Å². The zero-order valence-electron chi connectivity index (χ0n) is 16.6. The summed E-state index contributed by atoms with van der Waals surface area (Å²) < 4.78 is 9.29. The summed E-state index contributed by atoms with van der Waals surface area (Å²) in [4.78, 5) is 48.2. The summed E-state index contributed by atoms with van der Waals surface area (Å²) in [6.45, 7) is 4.09. The smallest absolute Gasteiger partial charge is 0.339 e. The molecule has 0 heterocycles. The number of amides is 2. The van der Waals surface area contributed by atoms with E-state index in [1.165, 1.54) is 32.4 Å². The molecule has 0 bridgehead atoms. The molecular weight excluding hydrogens is 376 g/mol. The van der Waals surface area contributed by atoms with E-state index in [-0.39, 0.29) is 16.8 Å². The van der Waals surface area contributed by atoms with Gasteiger partial charge in [-0.05, 0) is 41.8 Å². The summed E-state index contributed by atoms with van der Waals surface area (Å²) in [5, 5.41) is 4.82. The zero-order valence-corrected chi connectivity index (χ0v) is 16.6. The first kappa shape index (κ1) is 21.6. The van der Waals surface area contributed by atoms with Gasteiger partial charge in [0.05, 0.1) is 31.0 Å². The number of methoxy groups -OCH3 is 2. The first-order valence-corrected chi connectivity index (χ1v) is 8.79. The fourth-order valence-electron chi connectivity index (χ4n) is 2.50. The lowest BCUT2D eigenvalue weighted by atomic mass is 10.0. The maximum atomic E-state index is 12.3. The molecule has 0 spiro atoms. The second-order valence-electron chi connectivity index (χ2n) is 6.43. The highest BCUT2D eigenvalue weighted by Crippen LogP contribution is 2.20. The first-order chi connectivity index (χ1) is 13.8. The molecule has 0 aliphatic rings. The maximum absolute atomic E-state index is 12.3. The van der Waals surface area contributed by atoms with Crippen LogP contribution in [0.5, 0.6) is 0 Å². The summed E-state index contributed by atoms with van der Waals surface area (Å²) in [6, 6.07) is 11.0. The summed E-state index contributed by atoms with van der Waals surface area (Å²) in [5.41, 5.74) is 1.58. The van der Waals surface area contributed by atoms with Gasteiger partial charge in [-0.1, -0.05) is 26.0 Å². The van der Waals surface area contributed by atoms with Crippen LogP contribution in [0.3, 0.4) is 0 Å². The van der Waals surface area contributed by atoms with Crippen molar-refractivity contribution in [3.63, 3.8) is 0 Å². The van der Waals surface area contributed by atoms with Gasteiger partial charge in [-0.25, -0.2) is 9.59 Å². The average molecular weight is 398 g/mol. The number of carbonyl (C=O) groups excluding carboxylic acids is 4. The SMILES string of the molecule is COC(=O)c1ccc(C(=O)OC)c(NC(=O)C(=O)Nc2ccc(C(C)C)cc2)c1. The molecule has 152 valence electrons. The first-order valence-electron chi connectivity index (χ1n) is 8.79. The van der Waals surface area contributed by atoms with E-state index in [9.17, 15) is 19.2 Å². The van der Waals surface area contributed by atoms with Crippen LogP contribution in [-0.4, -0.2) is 38.0 Å². The number of esters is 2. The molecule has 0 aliphatic carbocycles. The van der Waals surface area contributed by atoms with Crippen LogP contribution in [0.25, 0.3) is 0 Å². The summed E-state index contributed by atoms with van der Waals surface area (Å²) >= 11 is 0. The van der Waals surface area contributed by atoms with Gasteiger partial charge in [0.15, 0.2) is 0 Å². The molecule has 8 heteroatoms. The molecule has 0 atom stereocenters. The Bertz CT molecular complexity index is 935.